The van der Waals surface area contributed by atoms with Crippen molar-refractivity contribution in [2.45, 2.75) is 18.9 Å². The van der Waals surface area contributed by atoms with E-state index in [0.717, 1.165) is 18.5 Å². The molecule has 4 heteroatoms. The van der Waals surface area contributed by atoms with E-state index in [9.17, 15) is 0 Å². The second kappa shape index (κ2) is 5.99. The normalized spacial score (nSPS) is 11.8. The topological polar surface area (TPSA) is 47.0 Å². The zero-order valence-electron chi connectivity index (χ0n) is 9.03. The Morgan fingerprint density at radius 1 is 1.60 bits per heavy atom. The van der Waals surface area contributed by atoms with Crippen molar-refractivity contribution in [3.8, 4) is 18.2 Å². The number of rotatable bonds is 5. The van der Waals surface area contributed by atoms with Crippen LogP contribution in [0.2, 0.25) is 0 Å². The molecule has 1 heterocycles. The smallest absolute Gasteiger partial charge is 0.216 e. The minimum atomic E-state index is 0.151. The second-order valence-corrected chi connectivity index (χ2v) is 3.07. The number of terminal acetylenes is 1. The summed E-state index contributed by atoms with van der Waals surface area (Å²) in [5.41, 5.74) is 0.902. The van der Waals surface area contributed by atoms with Gasteiger partial charge in [0.15, 0.2) is 0 Å². The maximum atomic E-state index is 5.23. The first-order chi connectivity index (χ1) is 7.31. The van der Waals surface area contributed by atoms with Crippen LogP contribution in [0.1, 0.15) is 24.6 Å². The number of hydrogen-bond donors (Lipinski definition) is 1. The van der Waals surface area contributed by atoms with Crippen molar-refractivity contribution in [3.05, 3.63) is 18.1 Å². The molecule has 0 fully saturated rings. The zero-order valence-corrected chi connectivity index (χ0v) is 9.03. The monoisotopic (exact) mass is 205 g/mol. The molecule has 4 nitrogen and oxygen atoms in total. The van der Waals surface area contributed by atoms with Crippen molar-refractivity contribution in [2.75, 3.05) is 14.2 Å². The van der Waals surface area contributed by atoms with Crippen LogP contribution >= 0.6 is 0 Å². The van der Waals surface area contributed by atoms with E-state index in [0.29, 0.717) is 5.88 Å². The summed E-state index contributed by atoms with van der Waals surface area (Å²) in [6, 6.07) is 1.97. The molecule has 1 atom stereocenters. The minimum Gasteiger partial charge on any atom is -0.481 e. The predicted molar refractivity (Wildman–Crippen MR) is 58.5 cm³/mol. The number of nitrogens with one attached hydrogen (secondary N) is 1. The highest BCUT2D eigenvalue weighted by molar-refractivity contribution is 5.16. The molecule has 0 aliphatic carbocycles. The van der Waals surface area contributed by atoms with E-state index in [2.05, 4.69) is 21.2 Å². The highest BCUT2D eigenvalue weighted by Crippen LogP contribution is 2.17. The van der Waals surface area contributed by atoms with Crippen molar-refractivity contribution in [1.29, 1.82) is 0 Å². The van der Waals surface area contributed by atoms with E-state index in [1.54, 1.807) is 7.11 Å². The van der Waals surface area contributed by atoms with E-state index >= 15 is 0 Å². The van der Waals surface area contributed by atoms with Crippen LogP contribution in [0, 0.1) is 12.3 Å². The summed E-state index contributed by atoms with van der Waals surface area (Å²) in [5.74, 6) is 3.19. The molecule has 0 aliphatic rings. The Morgan fingerprint density at radius 2 is 2.40 bits per heavy atom. The fourth-order valence-corrected chi connectivity index (χ4v) is 1.32. The summed E-state index contributed by atoms with van der Waals surface area (Å²) in [4.78, 5) is 8.14. The van der Waals surface area contributed by atoms with Gasteiger partial charge in [-0.15, -0.1) is 12.3 Å². The molecule has 1 aromatic rings. The van der Waals surface area contributed by atoms with Crippen LogP contribution in [0.3, 0.4) is 0 Å². The molecule has 0 saturated heterocycles. The molecule has 0 radical (unpaired) electrons. The number of nitrogens with zero attached hydrogens (tertiary/aromatic N) is 2. The molecule has 0 amide bonds. The fourth-order valence-electron chi connectivity index (χ4n) is 1.32. The molecule has 0 bridgehead atoms. The van der Waals surface area contributed by atoms with Crippen molar-refractivity contribution in [1.82, 2.24) is 15.3 Å². The van der Waals surface area contributed by atoms with Gasteiger partial charge in [-0.05, 0) is 13.5 Å². The third-order valence-corrected chi connectivity index (χ3v) is 2.16. The number of hydrogen-bond acceptors (Lipinski definition) is 4. The Morgan fingerprint density at radius 3 is 3.00 bits per heavy atom. The Labute approximate surface area is 90.1 Å². The molecule has 15 heavy (non-hydrogen) atoms. The van der Waals surface area contributed by atoms with E-state index in [1.165, 1.54) is 6.33 Å². The molecule has 0 aromatic carbocycles. The van der Waals surface area contributed by atoms with Gasteiger partial charge in [0.05, 0.1) is 18.8 Å². The first-order valence-electron chi connectivity index (χ1n) is 4.78. The van der Waals surface area contributed by atoms with Crippen LogP contribution in [-0.4, -0.2) is 24.1 Å². The van der Waals surface area contributed by atoms with Crippen molar-refractivity contribution >= 4 is 0 Å². The fraction of sp³-hybridized carbons (Fsp3) is 0.455. The summed E-state index contributed by atoms with van der Waals surface area (Å²) >= 11 is 0. The third-order valence-electron chi connectivity index (χ3n) is 2.16. The molecule has 1 aromatic heterocycles. The summed E-state index contributed by atoms with van der Waals surface area (Å²) in [6.45, 7) is 0. The summed E-state index contributed by atoms with van der Waals surface area (Å²) in [5, 5.41) is 3.16. The summed E-state index contributed by atoms with van der Waals surface area (Å²) in [7, 11) is 3.47. The molecule has 1 N–H and O–H groups in total. The summed E-state index contributed by atoms with van der Waals surface area (Å²) in [6.07, 6.45) is 8.30. The molecule has 1 rings (SSSR count). The van der Waals surface area contributed by atoms with Gasteiger partial charge in [-0.2, -0.15) is 0 Å². The van der Waals surface area contributed by atoms with Crippen LogP contribution in [-0.2, 0) is 0 Å². The number of methoxy groups -OCH3 is 1. The molecule has 1 unspecified atom stereocenters. The number of ether oxygens (including phenoxy) is 1. The number of aromatic nitrogens is 2. The Kier molecular flexibility index (Phi) is 4.58. The van der Waals surface area contributed by atoms with Gasteiger partial charge in [-0.25, -0.2) is 9.97 Å². The first kappa shape index (κ1) is 11.5. The third kappa shape index (κ3) is 3.22. The lowest BCUT2D eigenvalue weighted by molar-refractivity contribution is 0.394. The lowest BCUT2D eigenvalue weighted by Gasteiger charge is -2.14. The van der Waals surface area contributed by atoms with Crippen LogP contribution in [0.25, 0.3) is 0 Å². The summed E-state index contributed by atoms with van der Waals surface area (Å²) < 4.78 is 5.03. The van der Waals surface area contributed by atoms with E-state index in [1.807, 2.05) is 13.1 Å². The Balaban J connectivity index is 2.77. The van der Waals surface area contributed by atoms with Gasteiger partial charge in [0.2, 0.25) is 5.88 Å². The largest absolute Gasteiger partial charge is 0.481 e. The average Bonchev–Trinajstić information content (AvgIpc) is 2.30. The maximum absolute atomic E-state index is 5.23. The highest BCUT2D eigenvalue weighted by atomic mass is 16.5. The lowest BCUT2D eigenvalue weighted by atomic mass is 10.1. The Hall–Kier alpha value is -1.60. The standard InChI is InChI=1S/C11H15N3O/c1-4-5-6-9(12-2)10-7-11(15-3)14-8-13-10/h1,7-9,12H,5-6H2,2-3H3. The van der Waals surface area contributed by atoms with Gasteiger partial charge in [-0.3, -0.25) is 0 Å². The van der Waals surface area contributed by atoms with Crippen LogP contribution in [0.15, 0.2) is 12.4 Å². The zero-order chi connectivity index (χ0) is 11.1. The Bertz CT molecular complexity index is 346. The molecular formula is C11H15N3O. The molecule has 0 saturated carbocycles. The SMILES string of the molecule is C#CCCC(NC)c1cc(OC)ncn1. The van der Waals surface area contributed by atoms with Crippen molar-refractivity contribution in [3.63, 3.8) is 0 Å². The van der Waals surface area contributed by atoms with E-state index in [-0.39, 0.29) is 6.04 Å². The molecule has 0 spiro atoms. The van der Waals surface area contributed by atoms with Crippen LogP contribution in [0.5, 0.6) is 5.88 Å². The first-order valence-corrected chi connectivity index (χ1v) is 4.78. The second-order valence-electron chi connectivity index (χ2n) is 3.07. The van der Waals surface area contributed by atoms with Crippen LogP contribution < -0.4 is 10.1 Å². The predicted octanol–water partition coefficient (Wildman–Crippen LogP) is 1.16. The van der Waals surface area contributed by atoms with Gasteiger partial charge in [0.25, 0.3) is 0 Å². The molecule has 80 valence electrons. The van der Waals surface area contributed by atoms with Gasteiger partial charge < -0.3 is 10.1 Å². The highest BCUT2D eigenvalue weighted by Gasteiger charge is 2.10. The molecule has 0 aliphatic heterocycles. The maximum Gasteiger partial charge on any atom is 0.216 e. The quantitative estimate of drug-likeness (QED) is 0.733. The van der Waals surface area contributed by atoms with Crippen LogP contribution in [0.4, 0.5) is 0 Å². The van der Waals surface area contributed by atoms with Gasteiger partial charge in [0.1, 0.15) is 6.33 Å². The van der Waals surface area contributed by atoms with Gasteiger partial charge in [-0.1, -0.05) is 0 Å². The van der Waals surface area contributed by atoms with E-state index in [4.69, 9.17) is 11.2 Å². The van der Waals surface area contributed by atoms with E-state index < -0.39 is 0 Å². The average molecular weight is 205 g/mol. The lowest BCUT2D eigenvalue weighted by Crippen LogP contribution is -2.17. The van der Waals surface area contributed by atoms with Crippen molar-refractivity contribution in [2.24, 2.45) is 0 Å². The minimum absolute atomic E-state index is 0.151. The van der Waals surface area contributed by atoms with Crippen molar-refractivity contribution < 1.29 is 4.74 Å². The molecular weight excluding hydrogens is 190 g/mol. The van der Waals surface area contributed by atoms with Gasteiger partial charge >= 0.3 is 0 Å². The van der Waals surface area contributed by atoms with Gasteiger partial charge in [0, 0.05) is 12.5 Å².